The first kappa shape index (κ1) is 12.8. The van der Waals surface area contributed by atoms with Gasteiger partial charge in [-0.25, -0.2) is 4.57 Å². The zero-order valence-electron chi connectivity index (χ0n) is 10.6. The second-order valence-electron chi connectivity index (χ2n) is 4.39. The zero-order valence-corrected chi connectivity index (χ0v) is 10.6. The third-order valence-corrected chi connectivity index (χ3v) is 3.05. The van der Waals surface area contributed by atoms with Crippen LogP contribution in [0, 0.1) is 0 Å². The summed E-state index contributed by atoms with van der Waals surface area (Å²) in [5.74, 6) is 0.353. The van der Waals surface area contributed by atoms with Crippen LogP contribution in [0.4, 0.5) is 0 Å². The Morgan fingerprint density at radius 3 is 2.28 bits per heavy atom. The Morgan fingerprint density at radius 1 is 1.06 bits per heavy atom. The predicted molar refractivity (Wildman–Crippen MR) is 72.5 cm³/mol. The number of hydrogen-bond acceptors (Lipinski definition) is 3. The normalized spacial score (nSPS) is 15.3. The molecule has 0 unspecified atom stereocenters. The van der Waals surface area contributed by atoms with E-state index in [0.29, 0.717) is 19.0 Å². The first-order valence-electron chi connectivity index (χ1n) is 6.35. The Balaban J connectivity index is 2.01. The molecule has 0 saturated carbocycles. The van der Waals surface area contributed by atoms with Crippen molar-refractivity contribution in [3.8, 4) is 0 Å². The first-order valence-corrected chi connectivity index (χ1v) is 6.35. The first-order chi connectivity index (χ1) is 8.83. The van der Waals surface area contributed by atoms with Crippen molar-refractivity contribution >= 4 is 0 Å². The van der Waals surface area contributed by atoms with Gasteiger partial charge in [0.05, 0.1) is 6.54 Å². The summed E-state index contributed by atoms with van der Waals surface area (Å²) in [5.41, 5.74) is 12.3. The van der Waals surface area contributed by atoms with Gasteiger partial charge in [-0.2, -0.15) is 0 Å². The molecular formula is C14H21N4+. The van der Waals surface area contributed by atoms with Crippen LogP contribution in [0.2, 0.25) is 0 Å². The largest absolute Gasteiger partial charge is 0.354 e. The van der Waals surface area contributed by atoms with Gasteiger partial charge in [0.15, 0.2) is 18.9 Å². The number of nitrogens with zero attached hydrogens (tertiary/aromatic N) is 2. The van der Waals surface area contributed by atoms with Crippen LogP contribution in [-0.4, -0.2) is 24.5 Å². The van der Waals surface area contributed by atoms with Gasteiger partial charge in [0.1, 0.15) is 0 Å². The van der Waals surface area contributed by atoms with E-state index in [1.807, 2.05) is 0 Å². The van der Waals surface area contributed by atoms with Crippen molar-refractivity contribution in [1.82, 2.24) is 4.90 Å². The molecule has 1 aromatic heterocycles. The van der Waals surface area contributed by atoms with E-state index in [1.165, 1.54) is 5.56 Å². The number of allylic oxidation sites excluding steroid dienone is 2. The summed E-state index contributed by atoms with van der Waals surface area (Å²) in [6, 6.07) is 4.29. The molecule has 0 amide bonds. The highest BCUT2D eigenvalue weighted by Gasteiger charge is 2.10. The molecule has 2 rings (SSSR count). The van der Waals surface area contributed by atoms with Gasteiger partial charge in [-0.05, 0) is 5.56 Å². The van der Waals surface area contributed by atoms with E-state index in [1.54, 1.807) is 0 Å². The lowest BCUT2D eigenvalue weighted by atomic mass is 9.99. The van der Waals surface area contributed by atoms with Crippen molar-refractivity contribution < 1.29 is 4.57 Å². The summed E-state index contributed by atoms with van der Waals surface area (Å²) < 4.78 is 2.10. The molecule has 4 nitrogen and oxygen atoms in total. The highest BCUT2D eigenvalue weighted by Crippen LogP contribution is 2.21. The molecule has 4 N–H and O–H groups in total. The zero-order chi connectivity index (χ0) is 12.8. The van der Waals surface area contributed by atoms with E-state index < -0.39 is 0 Å². The highest BCUT2D eigenvalue weighted by atomic mass is 15.1. The van der Waals surface area contributed by atoms with Crippen LogP contribution >= 0.6 is 0 Å². The summed E-state index contributed by atoms with van der Waals surface area (Å²) >= 11 is 0. The number of rotatable bonds is 5. The van der Waals surface area contributed by atoms with Crippen LogP contribution in [0.1, 0.15) is 11.5 Å². The van der Waals surface area contributed by atoms with Gasteiger partial charge in [0.25, 0.3) is 0 Å². The minimum absolute atomic E-state index is 0.353. The van der Waals surface area contributed by atoms with Crippen molar-refractivity contribution in [3.63, 3.8) is 0 Å². The maximum absolute atomic E-state index is 5.53. The van der Waals surface area contributed by atoms with Crippen LogP contribution in [0.25, 0.3) is 0 Å². The van der Waals surface area contributed by atoms with Crippen molar-refractivity contribution in [1.29, 1.82) is 0 Å². The summed E-state index contributed by atoms with van der Waals surface area (Å²) in [6.07, 6.45) is 12.7. The molecular weight excluding hydrogens is 224 g/mol. The average Bonchev–Trinajstić information content (AvgIpc) is 2.41. The summed E-state index contributed by atoms with van der Waals surface area (Å²) in [5, 5.41) is 0. The van der Waals surface area contributed by atoms with Crippen molar-refractivity contribution in [2.75, 3.05) is 19.6 Å². The maximum atomic E-state index is 5.53. The standard InChI is InChI=1S/C14H21N4/c15-5-11-17-7-1-13(2-8-17)14-3-9-18(10-4-14)12-6-16/h1-4,7-10,13H,5-6,11-12,15-16H2/q+1. The second kappa shape index (κ2) is 6.33. The molecule has 0 fully saturated rings. The van der Waals surface area contributed by atoms with Gasteiger partial charge in [-0.1, -0.05) is 12.2 Å². The van der Waals surface area contributed by atoms with Crippen molar-refractivity contribution in [3.05, 3.63) is 54.6 Å². The molecule has 0 aromatic carbocycles. The third-order valence-electron chi connectivity index (χ3n) is 3.05. The van der Waals surface area contributed by atoms with Crippen LogP contribution in [0.3, 0.4) is 0 Å². The van der Waals surface area contributed by atoms with E-state index in [2.05, 4.69) is 58.5 Å². The molecule has 0 radical (unpaired) electrons. The van der Waals surface area contributed by atoms with Gasteiger partial charge < -0.3 is 16.4 Å². The quantitative estimate of drug-likeness (QED) is 0.734. The van der Waals surface area contributed by atoms with E-state index >= 15 is 0 Å². The van der Waals surface area contributed by atoms with Crippen molar-refractivity contribution in [2.45, 2.75) is 12.5 Å². The van der Waals surface area contributed by atoms with Gasteiger partial charge >= 0.3 is 0 Å². The number of pyridine rings is 1. The van der Waals surface area contributed by atoms with Gasteiger partial charge in [-0.3, -0.25) is 0 Å². The average molecular weight is 245 g/mol. The Morgan fingerprint density at radius 2 is 1.72 bits per heavy atom. The fraction of sp³-hybridized carbons (Fsp3) is 0.357. The molecule has 96 valence electrons. The summed E-state index contributed by atoms with van der Waals surface area (Å²) in [6.45, 7) is 3.07. The Bertz CT molecular complexity index is 408. The Kier molecular flexibility index (Phi) is 4.50. The Hall–Kier alpha value is -1.65. The summed E-state index contributed by atoms with van der Waals surface area (Å²) in [7, 11) is 0. The maximum Gasteiger partial charge on any atom is 0.169 e. The molecule has 0 saturated heterocycles. The fourth-order valence-corrected chi connectivity index (χ4v) is 2.03. The highest BCUT2D eigenvalue weighted by molar-refractivity contribution is 5.28. The molecule has 0 aliphatic carbocycles. The van der Waals surface area contributed by atoms with Gasteiger partial charge in [-0.15, -0.1) is 0 Å². The third kappa shape index (κ3) is 3.18. The van der Waals surface area contributed by atoms with Crippen LogP contribution in [-0.2, 0) is 6.54 Å². The minimum atomic E-state index is 0.353. The number of hydrogen-bond donors (Lipinski definition) is 2. The van der Waals surface area contributed by atoms with Crippen LogP contribution in [0.15, 0.2) is 49.1 Å². The lowest BCUT2D eigenvalue weighted by molar-refractivity contribution is -0.694. The predicted octanol–water partition coefficient (Wildman–Crippen LogP) is 0.318. The molecule has 1 aliphatic rings. The van der Waals surface area contributed by atoms with E-state index in [9.17, 15) is 0 Å². The van der Waals surface area contributed by atoms with E-state index in [0.717, 1.165) is 13.1 Å². The smallest absolute Gasteiger partial charge is 0.169 e. The fourth-order valence-electron chi connectivity index (χ4n) is 2.03. The lowest BCUT2D eigenvalue weighted by Crippen LogP contribution is -2.36. The molecule has 18 heavy (non-hydrogen) atoms. The number of nitrogens with two attached hydrogens (primary N) is 2. The van der Waals surface area contributed by atoms with Gasteiger partial charge in [0, 0.05) is 43.5 Å². The monoisotopic (exact) mass is 245 g/mol. The molecule has 0 spiro atoms. The van der Waals surface area contributed by atoms with E-state index in [-0.39, 0.29) is 0 Å². The molecule has 0 bridgehead atoms. The van der Waals surface area contributed by atoms with Gasteiger partial charge in [0.2, 0.25) is 0 Å². The Labute approximate surface area is 108 Å². The lowest BCUT2D eigenvalue weighted by Gasteiger charge is -2.20. The molecule has 0 atom stereocenters. The van der Waals surface area contributed by atoms with E-state index in [4.69, 9.17) is 11.5 Å². The molecule has 1 aromatic rings. The molecule has 4 heteroatoms. The number of aromatic nitrogens is 1. The second-order valence-corrected chi connectivity index (χ2v) is 4.39. The minimum Gasteiger partial charge on any atom is -0.354 e. The van der Waals surface area contributed by atoms with Crippen molar-refractivity contribution in [2.24, 2.45) is 11.5 Å². The topological polar surface area (TPSA) is 59.2 Å². The molecule has 1 aliphatic heterocycles. The van der Waals surface area contributed by atoms with Crippen LogP contribution < -0.4 is 16.0 Å². The van der Waals surface area contributed by atoms with Crippen LogP contribution in [0.5, 0.6) is 0 Å². The SMILES string of the molecule is NCCN1C=CC(c2cc[n+](CCN)cc2)C=C1. The summed E-state index contributed by atoms with van der Waals surface area (Å²) in [4.78, 5) is 2.11. The molecule has 2 heterocycles.